The minimum Gasteiger partial charge on any atom is -0.356 e. The molecule has 3 heterocycles. The van der Waals surface area contributed by atoms with E-state index in [-0.39, 0.29) is 0 Å². The highest BCUT2D eigenvalue weighted by Gasteiger charge is 2.33. The standard InChI is InChI=1S/C23H29ClN4/c24-20-6-4-17(5-7-20)14-27-11-8-19(15-27)18-9-12-28(13-10-18)23-21-2-1-3-22(21)25-16-26-23/h4-7,16,18-19H,1-3,8-15H2. The zero-order valence-corrected chi connectivity index (χ0v) is 17.2. The van der Waals surface area contributed by atoms with Crippen molar-refractivity contribution in [1.29, 1.82) is 0 Å². The second-order valence-electron chi connectivity index (χ2n) is 8.71. The Morgan fingerprint density at radius 3 is 2.54 bits per heavy atom. The zero-order valence-electron chi connectivity index (χ0n) is 16.5. The van der Waals surface area contributed by atoms with Crippen LogP contribution >= 0.6 is 11.6 Å². The van der Waals surface area contributed by atoms with Gasteiger partial charge in [0.2, 0.25) is 0 Å². The van der Waals surface area contributed by atoms with Crippen LogP contribution in [0, 0.1) is 11.8 Å². The lowest BCUT2D eigenvalue weighted by atomic mass is 9.83. The fraction of sp³-hybridized carbons (Fsp3) is 0.565. The maximum atomic E-state index is 6.01. The summed E-state index contributed by atoms with van der Waals surface area (Å²) in [6.07, 6.45) is 9.26. The second kappa shape index (κ2) is 8.00. The van der Waals surface area contributed by atoms with Gasteiger partial charge in [0.05, 0.1) is 0 Å². The van der Waals surface area contributed by atoms with Crippen molar-refractivity contribution in [2.75, 3.05) is 31.1 Å². The molecule has 1 aliphatic carbocycles. The van der Waals surface area contributed by atoms with Crippen LogP contribution in [0.1, 0.15) is 42.5 Å². The Hall–Kier alpha value is -1.65. The van der Waals surface area contributed by atoms with Gasteiger partial charge in [0.15, 0.2) is 0 Å². The number of aryl methyl sites for hydroxylation is 1. The Balaban J connectivity index is 1.16. The number of halogens is 1. The summed E-state index contributed by atoms with van der Waals surface area (Å²) in [6.45, 7) is 5.84. The van der Waals surface area contributed by atoms with Crippen LogP contribution in [0.2, 0.25) is 5.02 Å². The highest BCUT2D eigenvalue weighted by molar-refractivity contribution is 6.30. The van der Waals surface area contributed by atoms with Crippen molar-refractivity contribution in [2.24, 2.45) is 11.8 Å². The predicted octanol–water partition coefficient (Wildman–Crippen LogP) is 4.36. The average molecular weight is 397 g/mol. The van der Waals surface area contributed by atoms with Crippen LogP contribution in [0.15, 0.2) is 30.6 Å². The van der Waals surface area contributed by atoms with Crippen LogP contribution in [-0.2, 0) is 19.4 Å². The van der Waals surface area contributed by atoms with Crippen molar-refractivity contribution in [3.63, 3.8) is 0 Å². The van der Waals surface area contributed by atoms with E-state index in [0.717, 1.165) is 49.3 Å². The number of rotatable bonds is 4. The van der Waals surface area contributed by atoms with E-state index in [1.807, 2.05) is 12.1 Å². The molecule has 5 heteroatoms. The lowest BCUT2D eigenvalue weighted by molar-refractivity contribution is 0.252. The van der Waals surface area contributed by atoms with Gasteiger partial charge in [-0.15, -0.1) is 0 Å². The number of aromatic nitrogens is 2. The van der Waals surface area contributed by atoms with Crippen LogP contribution in [-0.4, -0.2) is 41.0 Å². The largest absolute Gasteiger partial charge is 0.356 e. The van der Waals surface area contributed by atoms with E-state index in [4.69, 9.17) is 11.6 Å². The summed E-state index contributed by atoms with van der Waals surface area (Å²) in [5.41, 5.74) is 4.09. The van der Waals surface area contributed by atoms with Crippen molar-refractivity contribution in [3.05, 3.63) is 52.4 Å². The van der Waals surface area contributed by atoms with Gasteiger partial charge in [-0.2, -0.15) is 0 Å². The fourth-order valence-electron chi connectivity index (χ4n) is 5.44. The average Bonchev–Trinajstić information content (AvgIpc) is 3.39. The molecule has 0 spiro atoms. The Morgan fingerprint density at radius 2 is 1.71 bits per heavy atom. The monoisotopic (exact) mass is 396 g/mol. The van der Waals surface area contributed by atoms with E-state index >= 15 is 0 Å². The molecule has 2 aliphatic heterocycles. The molecule has 1 atom stereocenters. The van der Waals surface area contributed by atoms with Crippen molar-refractivity contribution in [1.82, 2.24) is 14.9 Å². The number of fused-ring (bicyclic) bond motifs is 1. The summed E-state index contributed by atoms with van der Waals surface area (Å²) in [5.74, 6) is 2.95. The lowest BCUT2D eigenvalue weighted by Gasteiger charge is -2.36. The van der Waals surface area contributed by atoms with Crippen LogP contribution in [0.25, 0.3) is 0 Å². The summed E-state index contributed by atoms with van der Waals surface area (Å²) in [4.78, 5) is 14.3. The molecule has 0 saturated carbocycles. The SMILES string of the molecule is Clc1ccc(CN2CCC(C3CCN(c4ncnc5c4CCC5)CC3)C2)cc1. The molecular formula is C23H29ClN4. The number of piperidine rings is 1. The maximum absolute atomic E-state index is 6.01. The minimum absolute atomic E-state index is 0.823. The highest BCUT2D eigenvalue weighted by Crippen LogP contribution is 2.35. The second-order valence-corrected chi connectivity index (χ2v) is 9.15. The summed E-state index contributed by atoms with van der Waals surface area (Å²) < 4.78 is 0. The molecule has 2 saturated heterocycles. The van der Waals surface area contributed by atoms with E-state index in [9.17, 15) is 0 Å². The molecule has 1 unspecified atom stereocenters. The van der Waals surface area contributed by atoms with Gasteiger partial charge in [0.25, 0.3) is 0 Å². The van der Waals surface area contributed by atoms with E-state index in [1.165, 1.54) is 61.4 Å². The summed E-state index contributed by atoms with van der Waals surface area (Å²) in [6, 6.07) is 8.33. The van der Waals surface area contributed by atoms with Gasteiger partial charge in [-0.25, -0.2) is 9.97 Å². The third-order valence-electron chi connectivity index (χ3n) is 6.99. The predicted molar refractivity (Wildman–Crippen MR) is 114 cm³/mol. The van der Waals surface area contributed by atoms with Crippen molar-refractivity contribution < 1.29 is 0 Å². The Kier molecular flexibility index (Phi) is 5.25. The highest BCUT2D eigenvalue weighted by atomic mass is 35.5. The number of likely N-dealkylation sites (tertiary alicyclic amines) is 1. The van der Waals surface area contributed by atoms with Crippen molar-refractivity contribution >= 4 is 17.4 Å². The molecule has 28 heavy (non-hydrogen) atoms. The smallest absolute Gasteiger partial charge is 0.135 e. The molecule has 4 nitrogen and oxygen atoms in total. The first-order valence-electron chi connectivity index (χ1n) is 10.8. The van der Waals surface area contributed by atoms with Crippen molar-refractivity contribution in [3.8, 4) is 0 Å². The fourth-order valence-corrected chi connectivity index (χ4v) is 5.56. The molecule has 2 fully saturated rings. The summed E-state index contributed by atoms with van der Waals surface area (Å²) in [5, 5.41) is 0.823. The van der Waals surface area contributed by atoms with E-state index in [2.05, 4.69) is 31.9 Å². The van der Waals surface area contributed by atoms with Gasteiger partial charge in [0, 0.05) is 42.5 Å². The molecule has 0 N–H and O–H groups in total. The third-order valence-corrected chi connectivity index (χ3v) is 7.24. The molecular weight excluding hydrogens is 368 g/mol. The molecule has 1 aromatic carbocycles. The Bertz CT molecular complexity index is 814. The molecule has 0 bridgehead atoms. The van der Waals surface area contributed by atoms with Crippen LogP contribution in [0.4, 0.5) is 5.82 Å². The van der Waals surface area contributed by atoms with Crippen LogP contribution < -0.4 is 4.90 Å². The summed E-state index contributed by atoms with van der Waals surface area (Å²) in [7, 11) is 0. The summed E-state index contributed by atoms with van der Waals surface area (Å²) >= 11 is 6.01. The molecule has 3 aliphatic rings. The number of hydrogen-bond acceptors (Lipinski definition) is 4. The van der Waals surface area contributed by atoms with Gasteiger partial charge in [-0.3, -0.25) is 4.90 Å². The van der Waals surface area contributed by atoms with E-state index in [1.54, 1.807) is 6.33 Å². The Labute approximate surface area is 172 Å². The first-order chi connectivity index (χ1) is 13.8. The molecule has 0 radical (unpaired) electrons. The minimum atomic E-state index is 0.823. The van der Waals surface area contributed by atoms with Gasteiger partial charge in [-0.05, 0) is 74.6 Å². The first-order valence-corrected chi connectivity index (χ1v) is 11.2. The van der Waals surface area contributed by atoms with Gasteiger partial charge < -0.3 is 4.90 Å². The van der Waals surface area contributed by atoms with Crippen LogP contribution in [0.3, 0.4) is 0 Å². The van der Waals surface area contributed by atoms with Gasteiger partial charge in [0.1, 0.15) is 12.1 Å². The van der Waals surface area contributed by atoms with E-state index in [0.29, 0.717) is 0 Å². The molecule has 1 aromatic heterocycles. The first kappa shape index (κ1) is 18.4. The lowest BCUT2D eigenvalue weighted by Crippen LogP contribution is -2.37. The van der Waals surface area contributed by atoms with Gasteiger partial charge in [-0.1, -0.05) is 23.7 Å². The molecule has 148 valence electrons. The normalized spacial score (nSPS) is 23.3. The van der Waals surface area contributed by atoms with E-state index < -0.39 is 0 Å². The van der Waals surface area contributed by atoms with Crippen LogP contribution in [0.5, 0.6) is 0 Å². The Morgan fingerprint density at radius 1 is 0.929 bits per heavy atom. The zero-order chi connectivity index (χ0) is 18.9. The molecule has 5 rings (SSSR count). The quantitative estimate of drug-likeness (QED) is 0.768. The number of benzene rings is 1. The van der Waals surface area contributed by atoms with Crippen molar-refractivity contribution in [2.45, 2.75) is 45.1 Å². The molecule has 2 aromatic rings. The molecule has 0 amide bonds. The maximum Gasteiger partial charge on any atom is 0.135 e. The topological polar surface area (TPSA) is 32.3 Å². The number of nitrogens with zero attached hydrogens (tertiary/aromatic N) is 4. The third kappa shape index (κ3) is 3.77. The number of hydrogen-bond donors (Lipinski definition) is 0. The number of anilines is 1. The van der Waals surface area contributed by atoms with Gasteiger partial charge >= 0.3 is 0 Å².